The predicted molar refractivity (Wildman–Crippen MR) is 105 cm³/mol. The highest BCUT2D eigenvalue weighted by atomic mass is 16.7. The Hall–Kier alpha value is -3.46. The molecular formula is C20H21N3O6. The second kappa shape index (κ2) is 8.27. The second-order valence-corrected chi connectivity index (χ2v) is 6.72. The number of fused-ring (bicyclic) bond motifs is 1. The zero-order chi connectivity index (χ0) is 20.2. The molecule has 9 heteroatoms. The molecule has 0 radical (unpaired) electrons. The summed E-state index contributed by atoms with van der Waals surface area (Å²) in [7, 11) is 0. The number of phenolic OH excluding ortho intramolecular Hbond substituents is 1. The molecule has 2 aromatic rings. The monoisotopic (exact) mass is 399 g/mol. The van der Waals surface area contributed by atoms with Gasteiger partial charge in [0.25, 0.3) is 5.91 Å². The molecular weight excluding hydrogens is 378 g/mol. The van der Waals surface area contributed by atoms with E-state index in [2.05, 4.69) is 16.0 Å². The molecule has 0 spiro atoms. The number of urea groups is 1. The molecule has 0 aliphatic carbocycles. The van der Waals surface area contributed by atoms with Gasteiger partial charge in [-0.05, 0) is 37.1 Å². The number of hydrogen-bond donors (Lipinski definition) is 4. The average Bonchev–Trinajstić information content (AvgIpc) is 3.38. The highest BCUT2D eigenvalue weighted by molar-refractivity contribution is 6.06. The van der Waals surface area contributed by atoms with Gasteiger partial charge in [-0.15, -0.1) is 0 Å². The topological polar surface area (TPSA) is 118 Å². The lowest BCUT2D eigenvalue weighted by Crippen LogP contribution is -2.35. The van der Waals surface area contributed by atoms with Crippen LogP contribution in [0.2, 0.25) is 0 Å². The number of rotatable bonds is 5. The Kier molecular flexibility index (Phi) is 5.39. The summed E-state index contributed by atoms with van der Waals surface area (Å²) in [6, 6.07) is 9.10. The minimum atomic E-state index is -0.490. The van der Waals surface area contributed by atoms with Crippen LogP contribution in [0.3, 0.4) is 0 Å². The van der Waals surface area contributed by atoms with E-state index in [4.69, 9.17) is 14.2 Å². The number of aromatic hydroxyl groups is 1. The molecule has 1 saturated heterocycles. The molecule has 4 rings (SSSR count). The molecule has 152 valence electrons. The van der Waals surface area contributed by atoms with Crippen LogP contribution >= 0.6 is 0 Å². The molecule has 3 amide bonds. The van der Waals surface area contributed by atoms with Crippen molar-refractivity contribution in [1.82, 2.24) is 5.32 Å². The van der Waals surface area contributed by atoms with Crippen LogP contribution in [0.25, 0.3) is 0 Å². The van der Waals surface area contributed by atoms with Gasteiger partial charge in [0.2, 0.25) is 6.79 Å². The molecule has 4 N–H and O–H groups in total. The number of carbonyl (C=O) groups is 2. The van der Waals surface area contributed by atoms with E-state index in [0.717, 1.165) is 19.4 Å². The first-order valence-corrected chi connectivity index (χ1v) is 9.29. The van der Waals surface area contributed by atoms with Crippen LogP contribution in [0.4, 0.5) is 16.2 Å². The highest BCUT2D eigenvalue weighted by Crippen LogP contribution is 2.37. The van der Waals surface area contributed by atoms with Crippen LogP contribution in [0.15, 0.2) is 36.4 Å². The Morgan fingerprint density at radius 1 is 1.03 bits per heavy atom. The van der Waals surface area contributed by atoms with Gasteiger partial charge in [0.05, 0.1) is 11.7 Å². The molecule has 2 heterocycles. The van der Waals surface area contributed by atoms with Crippen LogP contribution in [-0.4, -0.2) is 43.1 Å². The summed E-state index contributed by atoms with van der Waals surface area (Å²) in [6.07, 6.45) is 2.05. The minimum absolute atomic E-state index is 0.0512. The first-order valence-electron chi connectivity index (χ1n) is 9.29. The van der Waals surface area contributed by atoms with Gasteiger partial charge in [0.15, 0.2) is 11.5 Å². The number of anilines is 2. The van der Waals surface area contributed by atoms with Gasteiger partial charge in [-0.2, -0.15) is 0 Å². The first kappa shape index (κ1) is 18.9. The van der Waals surface area contributed by atoms with Crippen molar-refractivity contribution in [3.05, 3.63) is 42.0 Å². The van der Waals surface area contributed by atoms with Gasteiger partial charge in [0.1, 0.15) is 5.75 Å². The Balaban J connectivity index is 1.32. The number of carbonyl (C=O) groups excluding carboxylic acids is 2. The summed E-state index contributed by atoms with van der Waals surface area (Å²) in [4.78, 5) is 24.4. The molecule has 0 bridgehead atoms. The number of ether oxygens (including phenoxy) is 3. The van der Waals surface area contributed by atoms with Crippen molar-refractivity contribution in [3.8, 4) is 17.2 Å². The van der Waals surface area contributed by atoms with Gasteiger partial charge >= 0.3 is 6.03 Å². The Labute approximate surface area is 167 Å². The van der Waals surface area contributed by atoms with Gasteiger partial charge in [-0.3, -0.25) is 4.79 Å². The Bertz CT molecular complexity index is 909. The third-order valence-electron chi connectivity index (χ3n) is 4.65. The molecule has 0 unspecified atom stereocenters. The summed E-state index contributed by atoms with van der Waals surface area (Å²) in [6.45, 7) is 1.26. The van der Waals surface area contributed by atoms with E-state index in [1.54, 1.807) is 24.3 Å². The normalized spacial score (nSPS) is 17.0. The van der Waals surface area contributed by atoms with Crippen molar-refractivity contribution >= 4 is 23.3 Å². The lowest BCUT2D eigenvalue weighted by atomic mass is 10.1. The van der Waals surface area contributed by atoms with E-state index in [1.165, 1.54) is 12.1 Å². The number of nitrogens with one attached hydrogen (secondary N) is 3. The third-order valence-corrected chi connectivity index (χ3v) is 4.65. The van der Waals surface area contributed by atoms with Gasteiger partial charge < -0.3 is 35.3 Å². The van der Waals surface area contributed by atoms with Crippen molar-refractivity contribution in [2.24, 2.45) is 0 Å². The zero-order valence-electron chi connectivity index (χ0n) is 15.6. The first-order chi connectivity index (χ1) is 14.1. The standard InChI is InChI=1S/C20H21N3O6/c24-16-9-18-17(28-11-29-18)8-15(16)19(25)22-12-3-5-13(6-4-12)23-20(26)21-10-14-2-1-7-27-14/h3-6,8-9,14,24H,1-2,7,10-11H2,(H,22,25)(H2,21,23,26)/t14-/m0/s1. The molecule has 0 aromatic heterocycles. The molecule has 9 nitrogen and oxygen atoms in total. The largest absolute Gasteiger partial charge is 0.507 e. The van der Waals surface area contributed by atoms with Crippen LogP contribution in [-0.2, 0) is 4.74 Å². The lowest BCUT2D eigenvalue weighted by molar-refractivity contribution is 0.102. The molecule has 2 aliphatic heterocycles. The second-order valence-electron chi connectivity index (χ2n) is 6.72. The fourth-order valence-electron chi connectivity index (χ4n) is 3.14. The van der Waals surface area contributed by atoms with E-state index in [1.807, 2.05) is 0 Å². The van der Waals surface area contributed by atoms with E-state index in [9.17, 15) is 14.7 Å². The number of benzene rings is 2. The van der Waals surface area contributed by atoms with Crippen molar-refractivity contribution in [2.45, 2.75) is 18.9 Å². The van der Waals surface area contributed by atoms with Gasteiger partial charge in [-0.25, -0.2) is 4.79 Å². The molecule has 29 heavy (non-hydrogen) atoms. The number of phenols is 1. The molecule has 1 fully saturated rings. The Morgan fingerprint density at radius 3 is 2.41 bits per heavy atom. The third kappa shape index (κ3) is 4.52. The van der Waals surface area contributed by atoms with E-state index in [0.29, 0.717) is 29.4 Å². The molecule has 2 aliphatic rings. The van der Waals surface area contributed by atoms with Crippen LogP contribution < -0.4 is 25.4 Å². The number of hydrogen-bond acceptors (Lipinski definition) is 6. The summed E-state index contributed by atoms with van der Waals surface area (Å²) in [5.41, 5.74) is 1.17. The molecule has 2 aromatic carbocycles. The Morgan fingerprint density at radius 2 is 1.72 bits per heavy atom. The fraction of sp³-hybridized carbons (Fsp3) is 0.300. The van der Waals surface area contributed by atoms with Crippen molar-refractivity contribution in [1.29, 1.82) is 0 Å². The lowest BCUT2D eigenvalue weighted by Gasteiger charge is -2.12. The van der Waals surface area contributed by atoms with Crippen LogP contribution in [0.5, 0.6) is 17.2 Å². The summed E-state index contributed by atoms with van der Waals surface area (Å²) >= 11 is 0. The molecule has 0 saturated carbocycles. The van der Waals surface area contributed by atoms with Crippen molar-refractivity contribution in [3.63, 3.8) is 0 Å². The van der Waals surface area contributed by atoms with E-state index >= 15 is 0 Å². The van der Waals surface area contributed by atoms with Crippen molar-refractivity contribution in [2.75, 3.05) is 30.6 Å². The highest BCUT2D eigenvalue weighted by Gasteiger charge is 2.21. The van der Waals surface area contributed by atoms with Gasteiger partial charge in [0, 0.05) is 36.7 Å². The maximum absolute atomic E-state index is 12.4. The maximum Gasteiger partial charge on any atom is 0.319 e. The predicted octanol–water partition coefficient (Wildman–Crippen LogP) is 2.67. The van der Waals surface area contributed by atoms with Crippen LogP contribution in [0.1, 0.15) is 23.2 Å². The van der Waals surface area contributed by atoms with E-state index < -0.39 is 5.91 Å². The average molecular weight is 399 g/mol. The SMILES string of the molecule is O=C(NC[C@@H]1CCCO1)Nc1ccc(NC(=O)c2cc3c(cc2O)OCO3)cc1. The summed E-state index contributed by atoms with van der Waals surface area (Å²) in [5.74, 6) is 0.109. The zero-order valence-corrected chi connectivity index (χ0v) is 15.6. The smallest absolute Gasteiger partial charge is 0.319 e. The number of amides is 3. The summed E-state index contributed by atoms with van der Waals surface area (Å²) in [5, 5.41) is 18.2. The minimum Gasteiger partial charge on any atom is -0.507 e. The van der Waals surface area contributed by atoms with Crippen LogP contribution in [0, 0.1) is 0 Å². The van der Waals surface area contributed by atoms with Crippen molar-refractivity contribution < 1.29 is 28.9 Å². The van der Waals surface area contributed by atoms with Gasteiger partial charge in [-0.1, -0.05) is 0 Å². The quantitative estimate of drug-likeness (QED) is 0.614. The van der Waals surface area contributed by atoms with E-state index in [-0.39, 0.29) is 30.2 Å². The molecule has 1 atom stereocenters. The summed E-state index contributed by atoms with van der Waals surface area (Å²) < 4.78 is 15.9. The fourth-order valence-corrected chi connectivity index (χ4v) is 3.14. The maximum atomic E-state index is 12.4.